The Balaban J connectivity index is 1.25. The summed E-state index contributed by atoms with van der Waals surface area (Å²) in [7, 11) is 0. The van der Waals surface area contributed by atoms with E-state index in [1.807, 2.05) is 65.6 Å². The zero-order valence-electron chi connectivity index (χ0n) is 21.2. The lowest BCUT2D eigenvalue weighted by atomic mass is 10.1. The molecule has 2 aliphatic rings. The van der Waals surface area contributed by atoms with Crippen molar-refractivity contribution in [3.8, 4) is 6.07 Å². The normalized spacial score (nSPS) is 19.9. The topological polar surface area (TPSA) is 62.6 Å². The van der Waals surface area contributed by atoms with Gasteiger partial charge >= 0.3 is 0 Å². The van der Waals surface area contributed by atoms with Gasteiger partial charge in [0.1, 0.15) is 6.07 Å². The molecule has 1 N–H and O–H groups in total. The summed E-state index contributed by atoms with van der Waals surface area (Å²) in [6.07, 6.45) is 0.754. The molecule has 5 rings (SSSR count). The largest absolute Gasteiger partial charge is 0.367 e. The fourth-order valence-corrected chi connectivity index (χ4v) is 5.76. The lowest BCUT2D eigenvalue weighted by molar-refractivity contribution is -0.136. The highest BCUT2D eigenvalue weighted by Crippen LogP contribution is 2.26. The van der Waals surface area contributed by atoms with Crippen molar-refractivity contribution in [1.82, 2.24) is 15.1 Å². The van der Waals surface area contributed by atoms with Gasteiger partial charge in [0.15, 0.2) is 0 Å². The molecule has 3 aromatic carbocycles. The Morgan fingerprint density at radius 2 is 1.66 bits per heavy atom. The maximum atomic E-state index is 13.8. The Kier molecular flexibility index (Phi) is 8.51. The zero-order chi connectivity index (χ0) is 26.5. The molecule has 1 amide bonds. The number of nitriles is 1. The quantitative estimate of drug-likeness (QED) is 0.453. The molecule has 2 fully saturated rings. The highest BCUT2D eigenvalue weighted by atomic mass is 35.5. The lowest BCUT2D eigenvalue weighted by Crippen LogP contribution is -2.53. The second kappa shape index (κ2) is 12.2. The Morgan fingerprint density at radius 1 is 0.921 bits per heavy atom. The molecule has 6 nitrogen and oxygen atoms in total. The number of likely N-dealkylation sites (tertiary alicyclic amines) is 1. The third-order valence-corrected chi connectivity index (χ3v) is 8.19. The average molecular weight is 549 g/mol. The van der Waals surface area contributed by atoms with Gasteiger partial charge in [0, 0.05) is 51.9 Å². The molecule has 196 valence electrons. The van der Waals surface area contributed by atoms with E-state index in [4.69, 9.17) is 23.2 Å². The minimum absolute atomic E-state index is 0.181. The van der Waals surface area contributed by atoms with Crippen LogP contribution in [0.4, 0.5) is 5.69 Å². The maximum absolute atomic E-state index is 13.8. The SMILES string of the molecule is N#Cc1ccccc1N1CCN(C(=O)C2CC(NCc3ccc(Cl)c(Cl)c3)CN2Cc2ccccc2)CC1. The highest BCUT2D eigenvalue weighted by Gasteiger charge is 2.39. The predicted octanol–water partition coefficient (Wildman–Crippen LogP) is 4.95. The van der Waals surface area contributed by atoms with Gasteiger partial charge in [-0.25, -0.2) is 0 Å². The number of carbonyl (C=O) groups excluding carboxylic acids is 1. The monoisotopic (exact) mass is 547 g/mol. The van der Waals surface area contributed by atoms with Gasteiger partial charge in [-0.1, -0.05) is 71.7 Å². The molecule has 2 unspecified atom stereocenters. The Hall–Kier alpha value is -3.08. The van der Waals surface area contributed by atoms with E-state index in [2.05, 4.69) is 33.3 Å². The molecule has 0 bridgehead atoms. The lowest BCUT2D eigenvalue weighted by Gasteiger charge is -2.38. The first-order chi connectivity index (χ1) is 18.5. The number of nitrogens with one attached hydrogen (secondary N) is 1. The van der Waals surface area contributed by atoms with Crippen LogP contribution in [0, 0.1) is 11.3 Å². The van der Waals surface area contributed by atoms with Gasteiger partial charge in [-0.15, -0.1) is 0 Å². The molecule has 0 aliphatic carbocycles. The number of hydrogen-bond acceptors (Lipinski definition) is 5. The standard InChI is InChI=1S/C30H31Cl2N5O/c31-26-11-10-23(16-27(26)32)19-34-25-17-29(37(21-25)20-22-6-2-1-3-7-22)30(38)36-14-12-35(13-15-36)28-9-5-4-8-24(28)18-33/h1-11,16,25,29,34H,12-15,17,19-21H2. The zero-order valence-corrected chi connectivity index (χ0v) is 22.7. The van der Waals surface area contributed by atoms with E-state index in [0.717, 1.165) is 43.9 Å². The van der Waals surface area contributed by atoms with E-state index < -0.39 is 0 Å². The van der Waals surface area contributed by atoms with Gasteiger partial charge in [0.25, 0.3) is 0 Å². The number of piperazine rings is 1. The summed E-state index contributed by atoms with van der Waals surface area (Å²) in [6.45, 7) is 4.92. The van der Waals surface area contributed by atoms with E-state index in [1.54, 1.807) is 0 Å². The fourth-order valence-electron chi connectivity index (χ4n) is 5.44. The summed E-state index contributed by atoms with van der Waals surface area (Å²) in [6, 6.07) is 26.0. The molecule has 0 aromatic heterocycles. The van der Waals surface area contributed by atoms with Crippen LogP contribution in [0.15, 0.2) is 72.8 Å². The number of nitrogens with zero attached hydrogens (tertiary/aromatic N) is 4. The molecule has 3 aromatic rings. The van der Waals surface area contributed by atoms with Crippen LogP contribution in [0.2, 0.25) is 10.0 Å². The molecule has 38 heavy (non-hydrogen) atoms. The van der Waals surface area contributed by atoms with Crippen molar-refractivity contribution in [1.29, 1.82) is 5.26 Å². The smallest absolute Gasteiger partial charge is 0.240 e. The molecule has 2 atom stereocenters. The Labute approximate surface area is 234 Å². The molecule has 0 radical (unpaired) electrons. The Morgan fingerprint density at radius 3 is 2.39 bits per heavy atom. The van der Waals surface area contributed by atoms with Crippen LogP contribution in [0.1, 0.15) is 23.1 Å². The van der Waals surface area contributed by atoms with Crippen molar-refractivity contribution in [3.05, 3.63) is 99.5 Å². The first kappa shape index (κ1) is 26.5. The number of hydrogen-bond donors (Lipinski definition) is 1. The van der Waals surface area contributed by atoms with Crippen LogP contribution in [0.5, 0.6) is 0 Å². The summed E-state index contributed by atoms with van der Waals surface area (Å²) >= 11 is 12.3. The van der Waals surface area contributed by atoms with Crippen molar-refractivity contribution < 1.29 is 4.79 Å². The molecular weight excluding hydrogens is 517 g/mol. The molecule has 2 heterocycles. The number of para-hydroxylation sites is 1. The van der Waals surface area contributed by atoms with Gasteiger partial charge in [-0.2, -0.15) is 5.26 Å². The van der Waals surface area contributed by atoms with Crippen LogP contribution in [-0.2, 0) is 17.9 Å². The third-order valence-electron chi connectivity index (χ3n) is 7.45. The van der Waals surface area contributed by atoms with Crippen LogP contribution >= 0.6 is 23.2 Å². The minimum Gasteiger partial charge on any atom is -0.367 e. The molecular formula is C30H31Cl2N5O. The second-order valence-corrected chi connectivity index (χ2v) is 10.7. The van der Waals surface area contributed by atoms with E-state index >= 15 is 0 Å². The van der Waals surface area contributed by atoms with Crippen molar-refractivity contribution in [2.45, 2.75) is 31.6 Å². The van der Waals surface area contributed by atoms with Gasteiger partial charge in [0.2, 0.25) is 5.91 Å². The molecule has 0 saturated carbocycles. The average Bonchev–Trinajstić information content (AvgIpc) is 3.36. The summed E-state index contributed by atoms with van der Waals surface area (Å²) in [5, 5.41) is 14.2. The second-order valence-electron chi connectivity index (χ2n) is 9.93. The van der Waals surface area contributed by atoms with Crippen molar-refractivity contribution in [3.63, 3.8) is 0 Å². The number of rotatable bonds is 7. The summed E-state index contributed by atoms with van der Waals surface area (Å²) in [4.78, 5) is 20.3. The highest BCUT2D eigenvalue weighted by molar-refractivity contribution is 6.42. The van der Waals surface area contributed by atoms with E-state index in [0.29, 0.717) is 35.2 Å². The summed E-state index contributed by atoms with van der Waals surface area (Å²) in [5.74, 6) is 0.188. The third kappa shape index (κ3) is 6.14. The van der Waals surface area contributed by atoms with Crippen LogP contribution in [0.3, 0.4) is 0 Å². The molecule has 2 saturated heterocycles. The van der Waals surface area contributed by atoms with Crippen LogP contribution in [-0.4, -0.2) is 60.5 Å². The van der Waals surface area contributed by atoms with Gasteiger partial charge < -0.3 is 15.1 Å². The number of carbonyl (C=O) groups is 1. The molecule has 2 aliphatic heterocycles. The first-order valence-electron chi connectivity index (χ1n) is 13.0. The van der Waals surface area contributed by atoms with Crippen molar-refractivity contribution in [2.75, 3.05) is 37.6 Å². The maximum Gasteiger partial charge on any atom is 0.240 e. The van der Waals surface area contributed by atoms with Gasteiger partial charge in [-0.3, -0.25) is 9.69 Å². The van der Waals surface area contributed by atoms with Crippen molar-refractivity contribution >= 4 is 34.8 Å². The first-order valence-corrected chi connectivity index (χ1v) is 13.8. The predicted molar refractivity (Wildman–Crippen MR) is 152 cm³/mol. The summed E-state index contributed by atoms with van der Waals surface area (Å²) < 4.78 is 0. The Bertz CT molecular complexity index is 1300. The van der Waals surface area contributed by atoms with E-state index in [1.165, 1.54) is 5.56 Å². The molecule has 0 spiro atoms. The molecule has 8 heteroatoms. The van der Waals surface area contributed by atoms with E-state index in [-0.39, 0.29) is 18.0 Å². The van der Waals surface area contributed by atoms with Crippen LogP contribution < -0.4 is 10.2 Å². The van der Waals surface area contributed by atoms with Gasteiger partial charge in [-0.05, 0) is 41.8 Å². The van der Waals surface area contributed by atoms with Gasteiger partial charge in [0.05, 0.1) is 27.3 Å². The number of halogens is 2. The summed E-state index contributed by atoms with van der Waals surface area (Å²) in [5.41, 5.74) is 3.89. The van der Waals surface area contributed by atoms with Crippen LogP contribution in [0.25, 0.3) is 0 Å². The van der Waals surface area contributed by atoms with E-state index in [9.17, 15) is 10.1 Å². The number of anilines is 1. The fraction of sp³-hybridized carbons (Fsp3) is 0.333. The number of benzene rings is 3. The minimum atomic E-state index is -0.181. The number of amides is 1. The van der Waals surface area contributed by atoms with Crippen molar-refractivity contribution in [2.24, 2.45) is 0 Å².